The average molecular weight is 325 g/mol. The lowest BCUT2D eigenvalue weighted by Gasteiger charge is -2.36. The molecule has 4 rings (SSSR count). The molecular weight excluding hydrogens is 306 g/mol. The number of aromatic nitrogens is 2. The maximum Gasteiger partial charge on any atom is 0.229 e. The molecular formula is C18H19N3O3. The second-order valence-corrected chi connectivity index (χ2v) is 6.02. The van der Waals surface area contributed by atoms with Gasteiger partial charge in [0.25, 0.3) is 0 Å². The zero-order chi connectivity index (χ0) is 16.5. The van der Waals surface area contributed by atoms with Crippen LogP contribution in [0.15, 0.2) is 47.1 Å². The Morgan fingerprint density at radius 1 is 1.29 bits per heavy atom. The Morgan fingerprint density at radius 3 is 3.00 bits per heavy atom. The smallest absolute Gasteiger partial charge is 0.229 e. The maximum atomic E-state index is 12.9. The Balaban J connectivity index is 1.59. The topological polar surface area (TPSA) is 60.5 Å². The van der Waals surface area contributed by atoms with Crippen molar-refractivity contribution in [1.82, 2.24) is 14.6 Å². The van der Waals surface area contributed by atoms with Gasteiger partial charge in [0.1, 0.15) is 5.69 Å². The number of ether oxygens (including phenoxy) is 1. The molecule has 3 aromatic rings. The first-order valence-corrected chi connectivity index (χ1v) is 8.06. The highest BCUT2D eigenvalue weighted by Crippen LogP contribution is 2.26. The van der Waals surface area contributed by atoms with Gasteiger partial charge in [0.15, 0.2) is 5.58 Å². The molecule has 124 valence electrons. The van der Waals surface area contributed by atoms with E-state index in [4.69, 9.17) is 9.26 Å². The number of aryl methyl sites for hydroxylation is 1. The van der Waals surface area contributed by atoms with Crippen molar-refractivity contribution in [2.24, 2.45) is 7.05 Å². The van der Waals surface area contributed by atoms with Crippen LogP contribution >= 0.6 is 0 Å². The second kappa shape index (κ2) is 6.13. The molecule has 1 amide bonds. The number of hydrogen-bond acceptors (Lipinski definition) is 4. The lowest BCUT2D eigenvalue weighted by Crippen LogP contribution is -2.44. The van der Waals surface area contributed by atoms with Crippen molar-refractivity contribution in [1.29, 1.82) is 0 Å². The van der Waals surface area contributed by atoms with Gasteiger partial charge in [-0.1, -0.05) is 17.3 Å². The van der Waals surface area contributed by atoms with Crippen molar-refractivity contribution in [3.05, 3.63) is 54.0 Å². The summed E-state index contributed by atoms with van der Waals surface area (Å²) < 4.78 is 12.9. The van der Waals surface area contributed by atoms with Crippen molar-refractivity contribution < 1.29 is 14.1 Å². The summed E-state index contributed by atoms with van der Waals surface area (Å²) in [5, 5.41) is 4.97. The van der Waals surface area contributed by atoms with Gasteiger partial charge in [0, 0.05) is 30.9 Å². The molecule has 0 spiro atoms. The maximum absolute atomic E-state index is 12.9. The summed E-state index contributed by atoms with van der Waals surface area (Å²) in [6.45, 7) is 1.67. The molecule has 1 saturated heterocycles. The Hall–Kier alpha value is -2.60. The van der Waals surface area contributed by atoms with Gasteiger partial charge in [-0.2, -0.15) is 0 Å². The molecule has 0 aliphatic carbocycles. The van der Waals surface area contributed by atoms with Gasteiger partial charge in [-0.25, -0.2) is 0 Å². The van der Waals surface area contributed by atoms with Crippen LogP contribution in [0.3, 0.4) is 0 Å². The summed E-state index contributed by atoms with van der Waals surface area (Å²) in [6, 6.07) is 11.6. The molecule has 1 unspecified atom stereocenters. The highest BCUT2D eigenvalue weighted by atomic mass is 16.5. The summed E-state index contributed by atoms with van der Waals surface area (Å²) >= 11 is 0. The van der Waals surface area contributed by atoms with E-state index >= 15 is 0 Å². The van der Waals surface area contributed by atoms with E-state index < -0.39 is 0 Å². The second-order valence-electron chi connectivity index (χ2n) is 6.02. The molecule has 1 aromatic carbocycles. The van der Waals surface area contributed by atoms with E-state index in [-0.39, 0.29) is 18.4 Å². The number of hydrogen-bond donors (Lipinski definition) is 0. The van der Waals surface area contributed by atoms with Crippen molar-refractivity contribution in [2.45, 2.75) is 12.5 Å². The van der Waals surface area contributed by atoms with Crippen LogP contribution in [0.25, 0.3) is 11.0 Å². The number of amides is 1. The normalized spacial score (nSPS) is 18.2. The van der Waals surface area contributed by atoms with Crippen LogP contribution in [-0.2, 0) is 23.0 Å². The molecule has 0 saturated carbocycles. The van der Waals surface area contributed by atoms with E-state index in [1.165, 1.54) is 0 Å². The standard InChI is InChI=1S/C18H19N3O3/c1-20-8-4-6-15(20)16-12-23-10-9-21(16)18(22)11-14-13-5-2-3-7-17(13)24-19-14/h2-8,16H,9-12H2,1H3. The lowest BCUT2D eigenvalue weighted by molar-refractivity contribution is -0.139. The third kappa shape index (κ3) is 2.59. The van der Waals surface area contributed by atoms with E-state index in [2.05, 4.69) is 5.16 Å². The third-order valence-corrected chi connectivity index (χ3v) is 4.54. The number of fused-ring (bicyclic) bond motifs is 1. The van der Waals surface area contributed by atoms with Gasteiger partial charge in [-0.15, -0.1) is 0 Å². The Labute approximate surface area is 139 Å². The van der Waals surface area contributed by atoms with Crippen LogP contribution in [0, 0.1) is 0 Å². The minimum Gasteiger partial charge on any atom is -0.377 e. The number of carbonyl (C=O) groups excluding carboxylic acids is 1. The fourth-order valence-electron chi connectivity index (χ4n) is 3.28. The molecule has 3 heterocycles. The summed E-state index contributed by atoms with van der Waals surface area (Å²) in [5.41, 5.74) is 2.47. The molecule has 1 fully saturated rings. The number of benzene rings is 1. The summed E-state index contributed by atoms with van der Waals surface area (Å²) in [5.74, 6) is 0.0450. The number of morpholine rings is 1. The fraction of sp³-hybridized carbons (Fsp3) is 0.333. The zero-order valence-corrected chi connectivity index (χ0v) is 13.5. The van der Waals surface area contributed by atoms with Crippen LogP contribution in [0.5, 0.6) is 0 Å². The Kier molecular flexibility index (Phi) is 3.82. The van der Waals surface area contributed by atoms with Gasteiger partial charge in [0.2, 0.25) is 5.91 Å². The van der Waals surface area contributed by atoms with Gasteiger partial charge in [-0.3, -0.25) is 4.79 Å². The lowest BCUT2D eigenvalue weighted by atomic mass is 10.1. The number of carbonyl (C=O) groups is 1. The first-order chi connectivity index (χ1) is 11.7. The quantitative estimate of drug-likeness (QED) is 0.741. The summed E-state index contributed by atoms with van der Waals surface area (Å²) in [7, 11) is 1.98. The Morgan fingerprint density at radius 2 is 2.17 bits per heavy atom. The average Bonchev–Trinajstić information content (AvgIpc) is 3.21. The van der Waals surface area contributed by atoms with Crippen LogP contribution in [0.4, 0.5) is 0 Å². The predicted octanol–water partition coefficient (Wildman–Crippen LogP) is 2.31. The first-order valence-electron chi connectivity index (χ1n) is 8.06. The van der Waals surface area contributed by atoms with E-state index in [1.807, 2.05) is 59.1 Å². The van der Waals surface area contributed by atoms with Crippen molar-refractivity contribution in [3.63, 3.8) is 0 Å². The minimum absolute atomic E-state index is 0.0450. The monoisotopic (exact) mass is 325 g/mol. The predicted molar refractivity (Wildman–Crippen MR) is 88.4 cm³/mol. The molecule has 0 bridgehead atoms. The fourth-order valence-corrected chi connectivity index (χ4v) is 3.28. The first kappa shape index (κ1) is 15.0. The molecule has 1 aliphatic rings. The van der Waals surface area contributed by atoms with Crippen molar-refractivity contribution in [3.8, 4) is 0 Å². The van der Waals surface area contributed by atoms with Crippen LogP contribution < -0.4 is 0 Å². The van der Waals surface area contributed by atoms with Crippen LogP contribution in [0.2, 0.25) is 0 Å². The zero-order valence-electron chi connectivity index (χ0n) is 13.5. The van der Waals surface area contributed by atoms with Crippen molar-refractivity contribution >= 4 is 16.9 Å². The van der Waals surface area contributed by atoms with Gasteiger partial charge >= 0.3 is 0 Å². The number of nitrogens with zero attached hydrogens (tertiary/aromatic N) is 3. The highest BCUT2D eigenvalue weighted by molar-refractivity contribution is 5.86. The molecule has 0 radical (unpaired) electrons. The third-order valence-electron chi connectivity index (χ3n) is 4.54. The SMILES string of the molecule is Cn1cccc1C1COCCN1C(=O)Cc1noc2ccccc12. The van der Waals surface area contributed by atoms with Crippen LogP contribution in [0.1, 0.15) is 17.4 Å². The minimum atomic E-state index is -0.0654. The molecule has 1 atom stereocenters. The number of para-hydroxylation sites is 1. The summed E-state index contributed by atoms with van der Waals surface area (Å²) in [6.07, 6.45) is 2.22. The van der Waals surface area contributed by atoms with Gasteiger partial charge in [-0.05, 0) is 24.3 Å². The molecule has 6 heteroatoms. The van der Waals surface area contributed by atoms with Crippen molar-refractivity contribution in [2.75, 3.05) is 19.8 Å². The van der Waals surface area contributed by atoms with E-state index in [0.29, 0.717) is 31.0 Å². The van der Waals surface area contributed by atoms with E-state index in [9.17, 15) is 4.79 Å². The van der Waals surface area contributed by atoms with Gasteiger partial charge < -0.3 is 18.7 Å². The van der Waals surface area contributed by atoms with E-state index in [1.54, 1.807) is 0 Å². The summed E-state index contributed by atoms with van der Waals surface area (Å²) in [4.78, 5) is 14.8. The molecule has 2 aromatic heterocycles. The molecule has 6 nitrogen and oxygen atoms in total. The number of rotatable bonds is 3. The van der Waals surface area contributed by atoms with Crippen LogP contribution in [-0.4, -0.2) is 40.3 Å². The molecule has 1 aliphatic heterocycles. The Bertz CT molecular complexity index is 867. The largest absolute Gasteiger partial charge is 0.377 e. The van der Waals surface area contributed by atoms with Gasteiger partial charge in [0.05, 0.1) is 25.7 Å². The highest BCUT2D eigenvalue weighted by Gasteiger charge is 2.30. The van der Waals surface area contributed by atoms with E-state index in [0.717, 1.165) is 11.1 Å². The molecule has 0 N–H and O–H groups in total. The molecule has 24 heavy (non-hydrogen) atoms.